The highest BCUT2D eigenvalue weighted by atomic mass is 16.3. The summed E-state index contributed by atoms with van der Waals surface area (Å²) in [7, 11) is 0. The summed E-state index contributed by atoms with van der Waals surface area (Å²) >= 11 is 0. The molecule has 0 atom stereocenters. The van der Waals surface area contributed by atoms with Gasteiger partial charge in [-0.05, 0) is 5.56 Å². The SMILES string of the molecule is CC(=O)n1cc(-c2ccccc2)c(O)n1. The highest BCUT2D eigenvalue weighted by molar-refractivity contribution is 5.78. The number of carbonyl (C=O) groups excluding carboxylic acids is 1. The second-order valence-corrected chi connectivity index (χ2v) is 3.20. The Bertz CT molecular complexity index is 489. The van der Waals surface area contributed by atoms with Gasteiger partial charge in [-0.3, -0.25) is 4.79 Å². The number of hydrogen-bond acceptors (Lipinski definition) is 3. The van der Waals surface area contributed by atoms with E-state index in [1.165, 1.54) is 13.1 Å². The second-order valence-electron chi connectivity index (χ2n) is 3.20. The molecule has 0 aliphatic rings. The van der Waals surface area contributed by atoms with E-state index in [1.807, 2.05) is 30.3 Å². The number of aromatic nitrogens is 2. The first-order valence-electron chi connectivity index (χ1n) is 4.53. The lowest BCUT2D eigenvalue weighted by Crippen LogP contribution is -2.04. The van der Waals surface area contributed by atoms with Crippen molar-refractivity contribution < 1.29 is 9.90 Å². The zero-order chi connectivity index (χ0) is 10.8. The number of nitrogens with zero attached hydrogens (tertiary/aromatic N) is 2. The van der Waals surface area contributed by atoms with Gasteiger partial charge in [-0.2, -0.15) is 0 Å². The number of hydrogen-bond donors (Lipinski definition) is 1. The summed E-state index contributed by atoms with van der Waals surface area (Å²) in [6.45, 7) is 1.39. The molecule has 15 heavy (non-hydrogen) atoms. The molecular formula is C11H10N2O2. The third-order valence-corrected chi connectivity index (χ3v) is 2.10. The minimum absolute atomic E-state index is 0.128. The number of aromatic hydroxyl groups is 1. The van der Waals surface area contributed by atoms with Crippen LogP contribution in [-0.2, 0) is 0 Å². The monoisotopic (exact) mass is 202 g/mol. The predicted octanol–water partition coefficient (Wildman–Crippen LogP) is 1.92. The summed E-state index contributed by atoms with van der Waals surface area (Å²) in [6, 6.07) is 9.30. The molecule has 4 heteroatoms. The molecule has 0 saturated carbocycles. The van der Waals surface area contributed by atoms with Crippen molar-refractivity contribution in [2.45, 2.75) is 6.92 Å². The molecule has 0 fully saturated rings. The molecule has 0 aliphatic carbocycles. The van der Waals surface area contributed by atoms with Crippen molar-refractivity contribution in [1.29, 1.82) is 0 Å². The van der Waals surface area contributed by atoms with Crippen molar-refractivity contribution in [3.05, 3.63) is 36.5 Å². The van der Waals surface area contributed by atoms with Crippen molar-refractivity contribution in [3.8, 4) is 17.0 Å². The molecule has 0 unspecified atom stereocenters. The average Bonchev–Trinajstić information content (AvgIpc) is 2.62. The van der Waals surface area contributed by atoms with Gasteiger partial charge in [-0.1, -0.05) is 30.3 Å². The van der Waals surface area contributed by atoms with Crippen molar-refractivity contribution in [3.63, 3.8) is 0 Å². The molecule has 0 bridgehead atoms. The lowest BCUT2D eigenvalue weighted by Gasteiger charge is -1.95. The fraction of sp³-hybridized carbons (Fsp3) is 0.0909. The van der Waals surface area contributed by atoms with E-state index in [9.17, 15) is 9.90 Å². The van der Waals surface area contributed by atoms with Crippen LogP contribution in [-0.4, -0.2) is 20.8 Å². The topological polar surface area (TPSA) is 55.1 Å². The lowest BCUT2D eigenvalue weighted by atomic mass is 10.1. The van der Waals surface area contributed by atoms with Crippen LogP contribution in [0.25, 0.3) is 11.1 Å². The van der Waals surface area contributed by atoms with Crippen LogP contribution in [0, 0.1) is 0 Å². The Balaban J connectivity index is 2.50. The smallest absolute Gasteiger partial charge is 0.243 e. The summed E-state index contributed by atoms with van der Waals surface area (Å²) in [5, 5.41) is 13.3. The highest BCUT2D eigenvalue weighted by Gasteiger charge is 2.10. The van der Waals surface area contributed by atoms with Gasteiger partial charge in [0.25, 0.3) is 0 Å². The Labute approximate surface area is 86.8 Å². The third kappa shape index (κ3) is 1.74. The molecule has 0 radical (unpaired) electrons. The molecule has 2 rings (SSSR count). The minimum Gasteiger partial charge on any atom is -0.492 e. The molecule has 0 saturated heterocycles. The maximum atomic E-state index is 11.0. The van der Waals surface area contributed by atoms with Gasteiger partial charge in [0, 0.05) is 13.1 Å². The highest BCUT2D eigenvalue weighted by Crippen LogP contribution is 2.26. The van der Waals surface area contributed by atoms with Crippen LogP contribution in [0.4, 0.5) is 0 Å². The van der Waals surface area contributed by atoms with Gasteiger partial charge in [0.05, 0.1) is 5.56 Å². The summed E-state index contributed by atoms with van der Waals surface area (Å²) in [6.07, 6.45) is 1.52. The van der Waals surface area contributed by atoms with Crippen LogP contribution >= 0.6 is 0 Å². The molecule has 1 aromatic carbocycles. The Morgan fingerprint density at radius 3 is 2.53 bits per heavy atom. The zero-order valence-electron chi connectivity index (χ0n) is 8.21. The standard InChI is InChI=1S/C11H10N2O2/c1-8(14)13-7-10(11(15)12-13)9-5-3-2-4-6-9/h2-7H,1H3,(H,12,15). The van der Waals surface area contributed by atoms with Crippen LogP contribution in [0.15, 0.2) is 36.5 Å². The molecule has 1 N–H and O–H groups in total. The van der Waals surface area contributed by atoms with Crippen LogP contribution < -0.4 is 0 Å². The molecule has 4 nitrogen and oxygen atoms in total. The van der Waals surface area contributed by atoms with E-state index in [1.54, 1.807) is 0 Å². The van der Waals surface area contributed by atoms with Gasteiger partial charge >= 0.3 is 0 Å². The Kier molecular flexibility index (Phi) is 2.25. The average molecular weight is 202 g/mol. The summed E-state index contributed by atoms with van der Waals surface area (Å²) in [5.41, 5.74) is 1.40. The fourth-order valence-electron chi connectivity index (χ4n) is 1.35. The Morgan fingerprint density at radius 2 is 2.00 bits per heavy atom. The Hall–Kier alpha value is -2.10. The molecule has 0 spiro atoms. The molecule has 0 aliphatic heterocycles. The van der Waals surface area contributed by atoms with Crippen molar-refractivity contribution in [2.75, 3.05) is 0 Å². The van der Waals surface area contributed by atoms with E-state index >= 15 is 0 Å². The van der Waals surface area contributed by atoms with E-state index in [2.05, 4.69) is 5.10 Å². The first-order valence-corrected chi connectivity index (χ1v) is 4.53. The van der Waals surface area contributed by atoms with Gasteiger partial charge in [0.1, 0.15) is 0 Å². The van der Waals surface area contributed by atoms with Crippen molar-refractivity contribution in [1.82, 2.24) is 9.78 Å². The third-order valence-electron chi connectivity index (χ3n) is 2.10. The fourth-order valence-corrected chi connectivity index (χ4v) is 1.35. The van der Waals surface area contributed by atoms with Gasteiger partial charge in [-0.25, -0.2) is 4.68 Å². The Morgan fingerprint density at radius 1 is 1.33 bits per heavy atom. The van der Waals surface area contributed by atoms with Crippen LogP contribution in [0.3, 0.4) is 0 Å². The van der Waals surface area contributed by atoms with Crippen molar-refractivity contribution >= 4 is 5.91 Å². The first-order chi connectivity index (χ1) is 7.18. The largest absolute Gasteiger partial charge is 0.492 e. The molecule has 0 amide bonds. The number of rotatable bonds is 1. The van der Waals surface area contributed by atoms with E-state index in [-0.39, 0.29) is 11.8 Å². The first kappa shape index (κ1) is 9.45. The minimum atomic E-state index is -0.229. The van der Waals surface area contributed by atoms with Crippen LogP contribution in [0.2, 0.25) is 0 Å². The molecule has 76 valence electrons. The van der Waals surface area contributed by atoms with Gasteiger partial charge in [0.2, 0.25) is 11.8 Å². The van der Waals surface area contributed by atoms with Crippen molar-refractivity contribution in [2.24, 2.45) is 0 Å². The number of carbonyl (C=O) groups is 1. The maximum Gasteiger partial charge on any atom is 0.243 e. The van der Waals surface area contributed by atoms with E-state index < -0.39 is 0 Å². The maximum absolute atomic E-state index is 11.0. The van der Waals surface area contributed by atoms with Gasteiger partial charge in [0.15, 0.2) is 0 Å². The normalized spacial score (nSPS) is 10.2. The van der Waals surface area contributed by atoms with E-state index in [0.717, 1.165) is 10.2 Å². The van der Waals surface area contributed by atoms with Crippen LogP contribution in [0.5, 0.6) is 5.88 Å². The summed E-state index contributed by atoms with van der Waals surface area (Å²) in [4.78, 5) is 11.0. The summed E-state index contributed by atoms with van der Waals surface area (Å²) in [5.74, 6) is -0.358. The summed E-state index contributed by atoms with van der Waals surface area (Å²) < 4.78 is 1.12. The van der Waals surface area contributed by atoms with Gasteiger partial charge < -0.3 is 5.11 Å². The van der Waals surface area contributed by atoms with Gasteiger partial charge in [-0.15, -0.1) is 5.10 Å². The predicted molar refractivity (Wildman–Crippen MR) is 55.6 cm³/mol. The second kappa shape index (κ2) is 3.57. The van der Waals surface area contributed by atoms with Crippen LogP contribution in [0.1, 0.15) is 11.7 Å². The zero-order valence-corrected chi connectivity index (χ0v) is 8.21. The molecular weight excluding hydrogens is 192 g/mol. The molecule has 1 aromatic heterocycles. The molecule has 1 heterocycles. The lowest BCUT2D eigenvalue weighted by molar-refractivity contribution is 0.0919. The molecule has 2 aromatic rings. The number of benzene rings is 1. The quantitative estimate of drug-likeness (QED) is 0.768. The van der Waals surface area contributed by atoms with E-state index in [4.69, 9.17) is 0 Å². The van der Waals surface area contributed by atoms with E-state index in [0.29, 0.717) is 5.56 Å².